The summed E-state index contributed by atoms with van der Waals surface area (Å²) < 4.78 is 5.32. The van der Waals surface area contributed by atoms with Gasteiger partial charge in [0.05, 0.1) is 17.6 Å². The van der Waals surface area contributed by atoms with Gasteiger partial charge in [0.1, 0.15) is 5.75 Å². The van der Waals surface area contributed by atoms with Crippen molar-refractivity contribution in [2.24, 2.45) is 0 Å². The second kappa shape index (κ2) is 4.76. The summed E-state index contributed by atoms with van der Waals surface area (Å²) in [5.41, 5.74) is 2.03. The van der Waals surface area contributed by atoms with Crippen LogP contribution in [0.3, 0.4) is 0 Å². The Kier molecular flexibility index (Phi) is 3.36. The number of ether oxygens (including phenoxy) is 1. The Morgan fingerprint density at radius 3 is 2.94 bits per heavy atom. The van der Waals surface area contributed by atoms with Gasteiger partial charge < -0.3 is 14.8 Å². The van der Waals surface area contributed by atoms with Gasteiger partial charge in [-0.2, -0.15) is 0 Å². The van der Waals surface area contributed by atoms with Crippen molar-refractivity contribution in [2.45, 2.75) is 12.8 Å². The van der Waals surface area contributed by atoms with E-state index in [0.29, 0.717) is 5.02 Å². The number of halogens is 1. The first-order chi connectivity index (χ1) is 7.77. The first-order valence-corrected chi connectivity index (χ1v) is 5.59. The molecule has 0 fully saturated rings. The molecule has 2 rings (SSSR count). The van der Waals surface area contributed by atoms with Gasteiger partial charge in [0.15, 0.2) is 0 Å². The average Bonchev–Trinajstić information content (AvgIpc) is 2.72. The quantitative estimate of drug-likeness (QED) is 0.862. The van der Waals surface area contributed by atoms with Crippen LogP contribution in [0.5, 0.6) is 5.75 Å². The molecular formula is C12H14ClNO2. The predicted molar refractivity (Wildman–Crippen MR) is 65.3 cm³/mol. The topological polar surface area (TPSA) is 45.2 Å². The van der Waals surface area contributed by atoms with Crippen molar-refractivity contribution >= 4 is 22.5 Å². The van der Waals surface area contributed by atoms with Crippen molar-refractivity contribution in [3.8, 4) is 5.75 Å². The minimum absolute atomic E-state index is 0.190. The number of benzene rings is 1. The summed E-state index contributed by atoms with van der Waals surface area (Å²) >= 11 is 6.10. The molecule has 2 N–H and O–H groups in total. The molecule has 1 aromatic carbocycles. The number of rotatable bonds is 4. The van der Waals surface area contributed by atoms with E-state index in [9.17, 15) is 0 Å². The molecule has 0 aliphatic heterocycles. The Morgan fingerprint density at radius 2 is 2.25 bits per heavy atom. The molecule has 0 atom stereocenters. The maximum absolute atomic E-state index is 8.85. The lowest BCUT2D eigenvalue weighted by Crippen LogP contribution is -1.90. The smallest absolute Gasteiger partial charge is 0.128 e. The first kappa shape index (κ1) is 11.3. The van der Waals surface area contributed by atoms with Gasteiger partial charge in [-0.05, 0) is 30.5 Å². The Hall–Kier alpha value is -1.19. The molecule has 1 heterocycles. The van der Waals surface area contributed by atoms with Gasteiger partial charge in [0.25, 0.3) is 0 Å². The molecule has 0 spiro atoms. The number of hydrogen-bond acceptors (Lipinski definition) is 2. The van der Waals surface area contributed by atoms with Gasteiger partial charge in [-0.1, -0.05) is 11.6 Å². The number of methoxy groups -OCH3 is 1. The molecule has 0 bridgehead atoms. The number of aromatic nitrogens is 1. The number of fused-ring (bicyclic) bond motifs is 1. The van der Waals surface area contributed by atoms with Gasteiger partial charge in [-0.25, -0.2) is 0 Å². The summed E-state index contributed by atoms with van der Waals surface area (Å²) in [5, 5.41) is 10.6. The number of aryl methyl sites for hydroxylation is 1. The molecule has 2 aromatic rings. The van der Waals surface area contributed by atoms with E-state index in [1.807, 2.05) is 18.3 Å². The van der Waals surface area contributed by atoms with E-state index in [0.717, 1.165) is 35.1 Å². The minimum atomic E-state index is 0.190. The maximum atomic E-state index is 8.85. The van der Waals surface area contributed by atoms with E-state index < -0.39 is 0 Å². The predicted octanol–water partition coefficient (Wildman–Crippen LogP) is 2.75. The molecule has 86 valence electrons. The number of nitrogens with one attached hydrogen (secondary N) is 1. The van der Waals surface area contributed by atoms with E-state index in [4.69, 9.17) is 21.4 Å². The van der Waals surface area contributed by atoms with E-state index in [1.54, 1.807) is 7.11 Å². The first-order valence-electron chi connectivity index (χ1n) is 5.21. The second-order valence-electron chi connectivity index (χ2n) is 3.64. The maximum Gasteiger partial charge on any atom is 0.128 e. The van der Waals surface area contributed by atoms with Crippen molar-refractivity contribution in [1.29, 1.82) is 0 Å². The highest BCUT2D eigenvalue weighted by Crippen LogP contribution is 2.33. The fourth-order valence-electron chi connectivity index (χ4n) is 1.89. The number of aliphatic hydroxyl groups is 1. The summed E-state index contributed by atoms with van der Waals surface area (Å²) in [7, 11) is 1.64. The monoisotopic (exact) mass is 239 g/mol. The molecule has 1 aromatic heterocycles. The lowest BCUT2D eigenvalue weighted by atomic mass is 10.1. The number of aromatic amines is 1. The molecule has 0 aliphatic rings. The minimum Gasteiger partial charge on any atom is -0.496 e. The third-order valence-electron chi connectivity index (χ3n) is 2.65. The summed E-state index contributed by atoms with van der Waals surface area (Å²) in [6, 6.07) is 3.68. The molecule has 0 saturated heterocycles. The van der Waals surface area contributed by atoms with Gasteiger partial charge in [-0.3, -0.25) is 0 Å². The molecule has 4 heteroatoms. The molecule has 0 aliphatic carbocycles. The molecule has 0 amide bonds. The van der Waals surface area contributed by atoms with Crippen LogP contribution in [0, 0.1) is 0 Å². The van der Waals surface area contributed by atoms with Gasteiger partial charge in [0.2, 0.25) is 0 Å². The van der Waals surface area contributed by atoms with Crippen LogP contribution in [0.2, 0.25) is 5.02 Å². The van der Waals surface area contributed by atoms with Crippen molar-refractivity contribution < 1.29 is 9.84 Å². The van der Waals surface area contributed by atoms with Crippen LogP contribution in [-0.2, 0) is 6.42 Å². The highest BCUT2D eigenvalue weighted by molar-refractivity contribution is 6.35. The van der Waals surface area contributed by atoms with Gasteiger partial charge in [-0.15, -0.1) is 0 Å². The van der Waals surface area contributed by atoms with Crippen LogP contribution in [0.25, 0.3) is 10.9 Å². The van der Waals surface area contributed by atoms with Crippen LogP contribution >= 0.6 is 11.6 Å². The van der Waals surface area contributed by atoms with Crippen LogP contribution in [0.1, 0.15) is 12.0 Å². The molecule has 16 heavy (non-hydrogen) atoms. The second-order valence-corrected chi connectivity index (χ2v) is 4.05. The van der Waals surface area contributed by atoms with Crippen LogP contribution in [0.4, 0.5) is 0 Å². The van der Waals surface area contributed by atoms with Crippen LogP contribution < -0.4 is 4.74 Å². The summed E-state index contributed by atoms with van der Waals surface area (Å²) in [6.07, 6.45) is 3.48. The summed E-state index contributed by atoms with van der Waals surface area (Å²) in [4.78, 5) is 3.15. The molecule has 0 radical (unpaired) electrons. The lowest BCUT2D eigenvalue weighted by Gasteiger charge is -2.05. The zero-order valence-electron chi connectivity index (χ0n) is 9.09. The normalized spacial score (nSPS) is 10.9. The zero-order valence-corrected chi connectivity index (χ0v) is 9.84. The SMILES string of the molecule is COc1ccc(Cl)c2[nH]cc(CCCO)c12. The third-order valence-corrected chi connectivity index (χ3v) is 2.97. The highest BCUT2D eigenvalue weighted by atomic mass is 35.5. The molecule has 3 nitrogen and oxygen atoms in total. The summed E-state index contributed by atoms with van der Waals surface area (Å²) in [5.74, 6) is 0.814. The Morgan fingerprint density at radius 1 is 1.44 bits per heavy atom. The van der Waals surface area contributed by atoms with Gasteiger partial charge in [0, 0.05) is 18.2 Å². The van der Waals surface area contributed by atoms with E-state index in [-0.39, 0.29) is 6.61 Å². The fourth-order valence-corrected chi connectivity index (χ4v) is 2.10. The Bertz CT molecular complexity index is 493. The third kappa shape index (κ3) is 1.88. The highest BCUT2D eigenvalue weighted by Gasteiger charge is 2.11. The van der Waals surface area contributed by atoms with E-state index in [1.165, 1.54) is 0 Å². The Balaban J connectivity index is 2.54. The average molecular weight is 240 g/mol. The lowest BCUT2D eigenvalue weighted by molar-refractivity contribution is 0.288. The molecule has 0 saturated carbocycles. The Labute approximate surface area is 99.0 Å². The van der Waals surface area contributed by atoms with Crippen molar-refractivity contribution in [3.05, 3.63) is 28.9 Å². The fraction of sp³-hybridized carbons (Fsp3) is 0.333. The van der Waals surface area contributed by atoms with Crippen LogP contribution in [0.15, 0.2) is 18.3 Å². The number of hydrogen-bond donors (Lipinski definition) is 2. The van der Waals surface area contributed by atoms with Gasteiger partial charge >= 0.3 is 0 Å². The van der Waals surface area contributed by atoms with Crippen molar-refractivity contribution in [2.75, 3.05) is 13.7 Å². The largest absolute Gasteiger partial charge is 0.496 e. The van der Waals surface area contributed by atoms with E-state index in [2.05, 4.69) is 4.98 Å². The number of H-pyrrole nitrogens is 1. The summed E-state index contributed by atoms with van der Waals surface area (Å²) in [6.45, 7) is 0.190. The zero-order chi connectivity index (χ0) is 11.5. The molecule has 0 unspecified atom stereocenters. The van der Waals surface area contributed by atoms with Crippen LogP contribution in [-0.4, -0.2) is 23.8 Å². The number of aliphatic hydroxyl groups excluding tert-OH is 1. The molecular weight excluding hydrogens is 226 g/mol. The standard InChI is InChI=1S/C12H14ClNO2/c1-16-10-5-4-9(13)12-11(10)8(7-14-12)3-2-6-15/h4-5,7,14-15H,2-3,6H2,1H3. The van der Waals surface area contributed by atoms with Crippen molar-refractivity contribution in [3.63, 3.8) is 0 Å². The van der Waals surface area contributed by atoms with Crippen molar-refractivity contribution in [1.82, 2.24) is 4.98 Å². The van der Waals surface area contributed by atoms with E-state index >= 15 is 0 Å².